The Balaban J connectivity index is 3.01. The van der Waals surface area contributed by atoms with Gasteiger partial charge in [-0.15, -0.1) is 0 Å². The van der Waals surface area contributed by atoms with Gasteiger partial charge in [0.1, 0.15) is 0 Å². The summed E-state index contributed by atoms with van der Waals surface area (Å²) < 4.78 is 1.14. The summed E-state index contributed by atoms with van der Waals surface area (Å²) in [5.74, 6) is 0.566. The molecular weight excluding hydrogens is 270 g/mol. The molecule has 0 saturated carbocycles. The Morgan fingerprint density at radius 1 is 1.40 bits per heavy atom. The van der Waals surface area contributed by atoms with Crippen molar-refractivity contribution in [1.82, 2.24) is 0 Å². The fourth-order valence-corrected chi connectivity index (χ4v) is 2.58. The average Bonchev–Trinajstić information content (AvgIpc) is 2.15. The SMILES string of the molecule is Cc1ccc(C(C)C(C)C(N)=S)c(Br)c1. The molecule has 0 heterocycles. The largest absolute Gasteiger partial charge is 0.393 e. The molecule has 0 aliphatic carbocycles. The summed E-state index contributed by atoms with van der Waals surface area (Å²) in [5, 5.41) is 0. The first-order valence-corrected chi connectivity index (χ1v) is 6.19. The van der Waals surface area contributed by atoms with Gasteiger partial charge in [-0.25, -0.2) is 0 Å². The minimum atomic E-state index is 0.221. The zero-order chi connectivity index (χ0) is 11.6. The van der Waals surface area contributed by atoms with E-state index in [1.165, 1.54) is 11.1 Å². The molecule has 0 aliphatic heterocycles. The molecule has 0 saturated heterocycles. The van der Waals surface area contributed by atoms with Crippen LogP contribution < -0.4 is 5.73 Å². The average molecular weight is 286 g/mol. The second kappa shape index (κ2) is 5.08. The highest BCUT2D eigenvalue weighted by molar-refractivity contribution is 9.10. The van der Waals surface area contributed by atoms with Gasteiger partial charge < -0.3 is 5.73 Å². The molecule has 82 valence electrons. The van der Waals surface area contributed by atoms with E-state index in [9.17, 15) is 0 Å². The van der Waals surface area contributed by atoms with Crippen LogP contribution in [-0.2, 0) is 0 Å². The number of hydrogen-bond donors (Lipinski definition) is 1. The first kappa shape index (κ1) is 12.7. The van der Waals surface area contributed by atoms with Gasteiger partial charge in [0.05, 0.1) is 4.99 Å². The van der Waals surface area contributed by atoms with Crippen LogP contribution in [0, 0.1) is 12.8 Å². The molecular formula is C12H16BrNS. The summed E-state index contributed by atoms with van der Waals surface area (Å²) in [6, 6.07) is 6.37. The van der Waals surface area contributed by atoms with Gasteiger partial charge in [-0.05, 0) is 30.0 Å². The molecule has 0 aliphatic rings. The van der Waals surface area contributed by atoms with E-state index in [0.717, 1.165) is 4.47 Å². The van der Waals surface area contributed by atoms with Crippen molar-refractivity contribution < 1.29 is 0 Å². The highest BCUT2D eigenvalue weighted by Gasteiger charge is 2.18. The Morgan fingerprint density at radius 2 is 2.00 bits per heavy atom. The van der Waals surface area contributed by atoms with Crippen LogP contribution in [0.15, 0.2) is 22.7 Å². The number of hydrogen-bond acceptors (Lipinski definition) is 1. The summed E-state index contributed by atoms with van der Waals surface area (Å²) in [4.78, 5) is 0.579. The van der Waals surface area contributed by atoms with Gasteiger partial charge in [-0.3, -0.25) is 0 Å². The lowest BCUT2D eigenvalue weighted by Crippen LogP contribution is -2.23. The van der Waals surface area contributed by atoms with Gasteiger partial charge in [0, 0.05) is 10.4 Å². The monoisotopic (exact) mass is 285 g/mol. The predicted octanol–water partition coefficient (Wildman–Crippen LogP) is 3.78. The lowest BCUT2D eigenvalue weighted by molar-refractivity contribution is 0.624. The van der Waals surface area contributed by atoms with Crippen LogP contribution in [0.4, 0.5) is 0 Å². The molecule has 15 heavy (non-hydrogen) atoms. The zero-order valence-corrected chi connectivity index (χ0v) is 11.7. The van der Waals surface area contributed by atoms with Crippen LogP contribution in [0.3, 0.4) is 0 Å². The molecule has 0 spiro atoms. The Bertz CT molecular complexity index is 376. The van der Waals surface area contributed by atoms with E-state index in [1.54, 1.807) is 0 Å². The van der Waals surface area contributed by atoms with Crippen LogP contribution in [0.5, 0.6) is 0 Å². The van der Waals surface area contributed by atoms with Crippen LogP contribution in [-0.4, -0.2) is 4.99 Å². The molecule has 1 rings (SSSR count). The van der Waals surface area contributed by atoms with E-state index >= 15 is 0 Å². The van der Waals surface area contributed by atoms with Crippen molar-refractivity contribution in [1.29, 1.82) is 0 Å². The fraction of sp³-hybridized carbons (Fsp3) is 0.417. The van der Waals surface area contributed by atoms with Crippen LogP contribution >= 0.6 is 28.1 Å². The summed E-state index contributed by atoms with van der Waals surface area (Å²) in [6.07, 6.45) is 0. The molecule has 2 atom stereocenters. The first-order chi connectivity index (χ1) is 6.93. The van der Waals surface area contributed by atoms with Crippen molar-refractivity contribution in [2.45, 2.75) is 26.7 Å². The predicted molar refractivity (Wildman–Crippen MR) is 73.2 cm³/mol. The molecule has 0 radical (unpaired) electrons. The zero-order valence-electron chi connectivity index (χ0n) is 9.25. The maximum absolute atomic E-state index is 5.67. The second-order valence-electron chi connectivity index (χ2n) is 4.00. The molecule has 3 heteroatoms. The molecule has 0 amide bonds. The Kier molecular flexibility index (Phi) is 4.29. The first-order valence-electron chi connectivity index (χ1n) is 4.99. The smallest absolute Gasteiger partial charge is 0.0761 e. The maximum Gasteiger partial charge on any atom is 0.0761 e. The normalized spacial score (nSPS) is 14.7. The minimum absolute atomic E-state index is 0.221. The second-order valence-corrected chi connectivity index (χ2v) is 5.33. The van der Waals surface area contributed by atoms with E-state index in [1.807, 2.05) is 0 Å². The standard InChI is InChI=1S/C12H16BrNS/c1-7-4-5-10(11(13)6-7)8(2)9(3)12(14)15/h4-6,8-9H,1-3H3,(H2,14,15). The number of nitrogens with two attached hydrogens (primary N) is 1. The van der Waals surface area contributed by atoms with Crippen LogP contribution in [0.1, 0.15) is 30.9 Å². The maximum atomic E-state index is 5.67. The van der Waals surface area contributed by atoms with Gasteiger partial charge >= 0.3 is 0 Å². The molecule has 0 aromatic heterocycles. The number of halogens is 1. The summed E-state index contributed by atoms with van der Waals surface area (Å²) >= 11 is 8.61. The number of benzene rings is 1. The highest BCUT2D eigenvalue weighted by Crippen LogP contribution is 2.31. The van der Waals surface area contributed by atoms with Gasteiger partial charge in [-0.2, -0.15) is 0 Å². The lowest BCUT2D eigenvalue weighted by Gasteiger charge is -2.20. The van der Waals surface area contributed by atoms with Crippen molar-refractivity contribution in [2.75, 3.05) is 0 Å². The van der Waals surface area contributed by atoms with Crippen molar-refractivity contribution >= 4 is 33.1 Å². The van der Waals surface area contributed by atoms with Crippen LogP contribution in [0.25, 0.3) is 0 Å². The van der Waals surface area contributed by atoms with Gasteiger partial charge in [0.25, 0.3) is 0 Å². The van der Waals surface area contributed by atoms with Gasteiger partial charge in [-0.1, -0.05) is 54.1 Å². The van der Waals surface area contributed by atoms with E-state index in [2.05, 4.69) is 54.9 Å². The summed E-state index contributed by atoms with van der Waals surface area (Å²) in [6.45, 7) is 6.30. The van der Waals surface area contributed by atoms with E-state index in [4.69, 9.17) is 18.0 Å². The van der Waals surface area contributed by atoms with Crippen molar-refractivity contribution in [2.24, 2.45) is 11.7 Å². The number of rotatable bonds is 3. The van der Waals surface area contributed by atoms with Gasteiger partial charge in [0.2, 0.25) is 0 Å². The number of thiocarbonyl (C=S) groups is 1. The number of aryl methyl sites for hydroxylation is 1. The Labute approximate surface area is 105 Å². The van der Waals surface area contributed by atoms with Crippen LogP contribution in [0.2, 0.25) is 0 Å². The molecule has 2 N–H and O–H groups in total. The molecule has 0 fully saturated rings. The third-order valence-corrected chi connectivity index (χ3v) is 3.90. The Hall–Kier alpha value is -0.410. The highest BCUT2D eigenvalue weighted by atomic mass is 79.9. The minimum Gasteiger partial charge on any atom is -0.393 e. The topological polar surface area (TPSA) is 26.0 Å². The summed E-state index contributed by atoms with van der Waals surface area (Å²) in [5.41, 5.74) is 8.19. The molecule has 1 aromatic carbocycles. The van der Waals surface area contributed by atoms with E-state index in [-0.39, 0.29) is 5.92 Å². The quantitative estimate of drug-likeness (QED) is 0.856. The van der Waals surface area contributed by atoms with E-state index < -0.39 is 0 Å². The van der Waals surface area contributed by atoms with Gasteiger partial charge in [0.15, 0.2) is 0 Å². The molecule has 1 aromatic rings. The Morgan fingerprint density at radius 3 is 2.47 bits per heavy atom. The van der Waals surface area contributed by atoms with Crippen molar-refractivity contribution in [3.8, 4) is 0 Å². The lowest BCUT2D eigenvalue weighted by atomic mass is 9.88. The fourth-order valence-electron chi connectivity index (χ4n) is 1.52. The molecule has 0 bridgehead atoms. The third kappa shape index (κ3) is 3.02. The van der Waals surface area contributed by atoms with E-state index in [0.29, 0.717) is 10.9 Å². The van der Waals surface area contributed by atoms with Crippen molar-refractivity contribution in [3.05, 3.63) is 33.8 Å². The third-order valence-electron chi connectivity index (χ3n) is 2.85. The van der Waals surface area contributed by atoms with Crippen molar-refractivity contribution in [3.63, 3.8) is 0 Å². The summed E-state index contributed by atoms with van der Waals surface area (Å²) in [7, 11) is 0. The molecule has 2 unspecified atom stereocenters. The molecule has 1 nitrogen and oxygen atoms in total.